The van der Waals surface area contributed by atoms with Gasteiger partial charge in [0.15, 0.2) is 5.17 Å². The van der Waals surface area contributed by atoms with Crippen molar-refractivity contribution in [2.24, 2.45) is 4.99 Å². The standard InChI is InChI=1S/C27H21N3O5S2/c1-17-6-12-21(13-7-17)37(34,35)30-16-19(22-4-2-3-5-23(22)30)15-24-26(33)29-27(36-24)28-20-10-8-18(9-11-20)14-25(31)32/h2-13,15-16H,14H2,1H3,(H,31,32)(H,28,29,33)/b24-15-. The zero-order valence-electron chi connectivity index (χ0n) is 19.6. The number of carboxylic acids is 1. The number of thioether (sulfide) groups is 1. The summed E-state index contributed by atoms with van der Waals surface area (Å²) in [6, 6.07) is 20.6. The van der Waals surface area contributed by atoms with Crippen molar-refractivity contribution in [3.63, 3.8) is 0 Å². The van der Waals surface area contributed by atoms with Crippen LogP contribution in [0.15, 0.2) is 93.8 Å². The number of nitrogens with zero attached hydrogens (tertiary/aromatic N) is 2. The van der Waals surface area contributed by atoms with E-state index in [9.17, 15) is 18.0 Å². The summed E-state index contributed by atoms with van der Waals surface area (Å²) in [6.07, 6.45) is 3.09. The van der Waals surface area contributed by atoms with E-state index in [2.05, 4.69) is 10.3 Å². The molecule has 37 heavy (non-hydrogen) atoms. The molecule has 0 radical (unpaired) electrons. The Morgan fingerprint density at radius 3 is 2.46 bits per heavy atom. The number of hydrogen-bond donors (Lipinski definition) is 2. The van der Waals surface area contributed by atoms with E-state index in [0.717, 1.165) is 17.3 Å². The highest BCUT2D eigenvalue weighted by atomic mass is 32.2. The largest absolute Gasteiger partial charge is 0.481 e. The second-order valence-corrected chi connectivity index (χ2v) is 11.3. The van der Waals surface area contributed by atoms with Crippen LogP contribution < -0.4 is 5.32 Å². The molecule has 0 saturated heterocycles. The van der Waals surface area contributed by atoms with Crippen LogP contribution in [-0.4, -0.2) is 34.5 Å². The first-order valence-corrected chi connectivity index (χ1v) is 13.5. The molecule has 5 rings (SSSR count). The van der Waals surface area contributed by atoms with Crippen molar-refractivity contribution in [3.05, 3.63) is 101 Å². The van der Waals surface area contributed by atoms with Crippen molar-refractivity contribution in [1.29, 1.82) is 0 Å². The summed E-state index contributed by atoms with van der Waals surface area (Å²) < 4.78 is 28.1. The number of aliphatic carboxylic acids is 1. The summed E-state index contributed by atoms with van der Waals surface area (Å²) in [4.78, 5) is 28.1. The van der Waals surface area contributed by atoms with Crippen LogP contribution in [0.5, 0.6) is 0 Å². The third-order valence-electron chi connectivity index (χ3n) is 5.75. The molecule has 10 heteroatoms. The summed E-state index contributed by atoms with van der Waals surface area (Å²) in [5, 5.41) is 13.0. The Labute approximate surface area is 217 Å². The van der Waals surface area contributed by atoms with Crippen LogP contribution in [0.1, 0.15) is 16.7 Å². The summed E-state index contributed by atoms with van der Waals surface area (Å²) in [6.45, 7) is 1.89. The number of aliphatic imine (C=N–C) groups is 1. The number of amides is 1. The molecule has 1 aliphatic rings. The van der Waals surface area contributed by atoms with E-state index in [0.29, 0.717) is 37.8 Å². The summed E-state index contributed by atoms with van der Waals surface area (Å²) >= 11 is 1.14. The molecule has 0 fully saturated rings. The first kappa shape index (κ1) is 24.5. The van der Waals surface area contributed by atoms with Crippen LogP contribution in [0.2, 0.25) is 0 Å². The van der Waals surface area contributed by atoms with Gasteiger partial charge in [-0.1, -0.05) is 48.0 Å². The Kier molecular flexibility index (Phi) is 6.45. The maximum absolute atomic E-state index is 13.4. The number of rotatable bonds is 6. The molecule has 2 heterocycles. The SMILES string of the molecule is Cc1ccc(S(=O)(=O)n2cc(/C=C3\SC(Nc4ccc(CC(=O)O)cc4)=NC3=O)c3ccccc32)cc1. The summed E-state index contributed by atoms with van der Waals surface area (Å²) in [7, 11) is -3.85. The number of aromatic nitrogens is 1. The molecule has 0 bridgehead atoms. The summed E-state index contributed by atoms with van der Waals surface area (Å²) in [5.41, 5.74) is 3.37. The van der Waals surface area contributed by atoms with Gasteiger partial charge in [-0.05, 0) is 60.7 Å². The number of carbonyl (C=O) groups is 2. The van der Waals surface area contributed by atoms with Crippen LogP contribution in [0.3, 0.4) is 0 Å². The van der Waals surface area contributed by atoms with Crippen molar-refractivity contribution in [3.8, 4) is 0 Å². The van der Waals surface area contributed by atoms with Gasteiger partial charge in [-0.15, -0.1) is 0 Å². The highest BCUT2D eigenvalue weighted by molar-refractivity contribution is 8.18. The van der Waals surface area contributed by atoms with Crippen LogP contribution in [0.25, 0.3) is 17.0 Å². The Morgan fingerprint density at radius 2 is 1.76 bits per heavy atom. The van der Waals surface area contributed by atoms with Crippen LogP contribution >= 0.6 is 11.8 Å². The maximum Gasteiger partial charge on any atom is 0.307 e. The molecule has 0 spiro atoms. The molecule has 186 valence electrons. The average molecular weight is 532 g/mol. The molecule has 0 unspecified atom stereocenters. The van der Waals surface area contributed by atoms with Gasteiger partial charge in [-0.3, -0.25) is 9.59 Å². The highest BCUT2D eigenvalue weighted by Gasteiger charge is 2.25. The monoisotopic (exact) mass is 531 g/mol. The van der Waals surface area contributed by atoms with Crippen molar-refractivity contribution >= 4 is 61.5 Å². The predicted octanol–water partition coefficient (Wildman–Crippen LogP) is 4.90. The number of aryl methyl sites for hydroxylation is 1. The van der Waals surface area contributed by atoms with E-state index in [1.54, 1.807) is 66.7 Å². The Morgan fingerprint density at radius 1 is 1.05 bits per heavy atom. The molecule has 0 saturated carbocycles. The van der Waals surface area contributed by atoms with Gasteiger partial charge in [-0.25, -0.2) is 12.4 Å². The Hall–Kier alpha value is -4.15. The molecule has 4 aromatic rings. The van der Waals surface area contributed by atoms with E-state index >= 15 is 0 Å². The Balaban J connectivity index is 1.43. The van der Waals surface area contributed by atoms with E-state index in [4.69, 9.17) is 5.11 Å². The van der Waals surface area contributed by atoms with Gasteiger partial charge in [0.1, 0.15) is 0 Å². The fraction of sp³-hybridized carbons (Fsp3) is 0.0741. The molecule has 3 aromatic carbocycles. The molecule has 0 aliphatic carbocycles. The minimum absolute atomic E-state index is 0.0748. The van der Waals surface area contributed by atoms with Crippen molar-refractivity contribution in [2.75, 3.05) is 5.32 Å². The van der Waals surface area contributed by atoms with Gasteiger partial charge in [0.2, 0.25) is 0 Å². The number of anilines is 1. The molecule has 2 N–H and O–H groups in total. The smallest absolute Gasteiger partial charge is 0.307 e. The highest BCUT2D eigenvalue weighted by Crippen LogP contribution is 2.33. The topological polar surface area (TPSA) is 118 Å². The van der Waals surface area contributed by atoms with Gasteiger partial charge < -0.3 is 10.4 Å². The van der Waals surface area contributed by atoms with Gasteiger partial charge in [0, 0.05) is 22.8 Å². The Bertz CT molecular complexity index is 1700. The molecule has 0 atom stereocenters. The number of benzene rings is 3. The number of carboxylic acid groups (broad SMARTS) is 1. The molecular formula is C27H21N3O5S2. The normalized spacial score (nSPS) is 14.8. The van der Waals surface area contributed by atoms with Crippen LogP contribution in [0, 0.1) is 6.92 Å². The first-order valence-electron chi connectivity index (χ1n) is 11.2. The zero-order chi connectivity index (χ0) is 26.2. The number of para-hydroxylation sites is 1. The average Bonchev–Trinajstić information content (AvgIpc) is 3.41. The minimum atomic E-state index is -3.85. The molecule has 1 amide bonds. The third-order valence-corrected chi connectivity index (χ3v) is 8.34. The minimum Gasteiger partial charge on any atom is -0.481 e. The lowest BCUT2D eigenvalue weighted by Gasteiger charge is -2.07. The quantitative estimate of drug-likeness (QED) is 0.340. The van der Waals surface area contributed by atoms with Crippen molar-refractivity contribution < 1.29 is 23.1 Å². The number of amidine groups is 1. The molecule has 1 aliphatic heterocycles. The summed E-state index contributed by atoms with van der Waals surface area (Å²) in [5.74, 6) is -1.35. The zero-order valence-corrected chi connectivity index (χ0v) is 21.2. The lowest BCUT2D eigenvalue weighted by Crippen LogP contribution is -2.11. The fourth-order valence-corrected chi connectivity index (χ4v) is 6.12. The lowest BCUT2D eigenvalue weighted by atomic mass is 10.1. The second kappa shape index (κ2) is 9.72. The van der Waals surface area contributed by atoms with Crippen LogP contribution in [0.4, 0.5) is 5.69 Å². The van der Waals surface area contributed by atoms with Crippen LogP contribution in [-0.2, 0) is 26.0 Å². The molecule has 1 aromatic heterocycles. The maximum atomic E-state index is 13.4. The lowest BCUT2D eigenvalue weighted by molar-refractivity contribution is -0.136. The molecular weight excluding hydrogens is 510 g/mol. The van der Waals surface area contributed by atoms with E-state index in [1.807, 2.05) is 19.1 Å². The first-order chi connectivity index (χ1) is 17.7. The number of nitrogens with one attached hydrogen (secondary N) is 1. The number of carbonyl (C=O) groups excluding carboxylic acids is 1. The number of fused-ring (bicyclic) bond motifs is 1. The van der Waals surface area contributed by atoms with Gasteiger partial charge in [-0.2, -0.15) is 4.99 Å². The van der Waals surface area contributed by atoms with E-state index in [-0.39, 0.29) is 11.3 Å². The number of hydrogen-bond acceptors (Lipinski definition) is 6. The van der Waals surface area contributed by atoms with E-state index < -0.39 is 21.9 Å². The fourth-order valence-electron chi connectivity index (χ4n) is 3.92. The van der Waals surface area contributed by atoms with Gasteiger partial charge >= 0.3 is 5.97 Å². The molecule has 8 nitrogen and oxygen atoms in total. The van der Waals surface area contributed by atoms with E-state index in [1.165, 1.54) is 10.2 Å². The van der Waals surface area contributed by atoms with Crippen molar-refractivity contribution in [1.82, 2.24) is 3.97 Å². The predicted molar refractivity (Wildman–Crippen MR) is 145 cm³/mol. The second-order valence-electron chi connectivity index (χ2n) is 8.44. The van der Waals surface area contributed by atoms with Gasteiger partial charge in [0.25, 0.3) is 15.9 Å². The third kappa shape index (κ3) is 5.07. The van der Waals surface area contributed by atoms with Gasteiger partial charge in [0.05, 0.1) is 21.7 Å². The van der Waals surface area contributed by atoms with Crippen molar-refractivity contribution in [2.45, 2.75) is 18.2 Å².